The fraction of sp³-hybridized carbons (Fsp3) is 0.417. The van der Waals surface area contributed by atoms with Crippen LogP contribution in [0.3, 0.4) is 0 Å². The molecule has 1 atom stereocenters. The lowest BCUT2D eigenvalue weighted by Gasteiger charge is -2.26. The first-order chi connectivity index (χ1) is 15.4. The van der Waals surface area contributed by atoms with E-state index in [0.29, 0.717) is 73.2 Å². The first kappa shape index (κ1) is 22.3. The Morgan fingerprint density at radius 3 is 2.72 bits per heavy atom. The minimum atomic E-state index is -0.814. The second-order valence-corrected chi connectivity index (χ2v) is 8.89. The highest BCUT2D eigenvalue weighted by atomic mass is 35.5. The van der Waals surface area contributed by atoms with Gasteiger partial charge in [0.1, 0.15) is 0 Å². The van der Waals surface area contributed by atoms with Crippen LogP contribution in [0.4, 0.5) is 0 Å². The number of aliphatic carboxylic acids is 1. The molecule has 1 heterocycles. The van der Waals surface area contributed by atoms with Crippen LogP contribution in [0.25, 0.3) is 0 Å². The van der Waals surface area contributed by atoms with Gasteiger partial charge in [0.2, 0.25) is 0 Å². The number of amides is 1. The van der Waals surface area contributed by atoms with E-state index in [0.717, 1.165) is 5.57 Å². The summed E-state index contributed by atoms with van der Waals surface area (Å²) in [6.45, 7) is 0.606. The maximum atomic E-state index is 13.3. The average molecular weight is 454 g/mol. The summed E-state index contributed by atoms with van der Waals surface area (Å²) in [7, 11) is 0. The number of halogens is 1. The average Bonchev–Trinajstić information content (AvgIpc) is 3.60. The molecule has 7 nitrogen and oxygen atoms in total. The van der Waals surface area contributed by atoms with Gasteiger partial charge in [0.25, 0.3) is 5.91 Å². The van der Waals surface area contributed by atoms with E-state index < -0.39 is 23.2 Å². The second-order valence-electron chi connectivity index (χ2n) is 8.48. The topological polar surface area (TPSA) is 123 Å². The molecule has 0 spiro atoms. The van der Waals surface area contributed by atoms with Crippen LogP contribution in [0, 0.1) is 22.7 Å². The molecule has 1 unspecified atom stereocenters. The summed E-state index contributed by atoms with van der Waals surface area (Å²) in [5.74, 6) is -1.64. The van der Waals surface area contributed by atoms with E-state index in [9.17, 15) is 20.0 Å². The monoisotopic (exact) mass is 453 g/mol. The van der Waals surface area contributed by atoms with Crippen molar-refractivity contribution < 1.29 is 19.4 Å². The first-order valence-electron chi connectivity index (χ1n) is 10.7. The number of hydrogen-bond donors (Lipinski definition) is 3. The van der Waals surface area contributed by atoms with Crippen molar-refractivity contribution in [3.05, 3.63) is 57.3 Å². The van der Waals surface area contributed by atoms with E-state index in [1.807, 2.05) is 6.08 Å². The smallest absolute Gasteiger partial charge is 0.306 e. The normalized spacial score (nSPS) is 21.9. The van der Waals surface area contributed by atoms with E-state index in [1.165, 1.54) is 0 Å². The Balaban J connectivity index is 1.61. The Hall–Kier alpha value is -2.95. The maximum absolute atomic E-state index is 13.3. The largest absolute Gasteiger partial charge is 0.481 e. The number of hydrogen-bond acceptors (Lipinski definition) is 5. The molecule has 0 bridgehead atoms. The third-order valence-electron chi connectivity index (χ3n) is 6.47. The molecule has 1 aliphatic heterocycles. The van der Waals surface area contributed by atoms with Crippen molar-refractivity contribution in [1.29, 1.82) is 10.7 Å². The van der Waals surface area contributed by atoms with E-state index in [1.54, 1.807) is 18.2 Å². The molecule has 0 saturated heterocycles. The van der Waals surface area contributed by atoms with Crippen LogP contribution in [0.2, 0.25) is 5.02 Å². The highest BCUT2D eigenvalue weighted by molar-refractivity contribution is 6.34. The minimum Gasteiger partial charge on any atom is -0.481 e. The van der Waals surface area contributed by atoms with Crippen molar-refractivity contribution in [2.45, 2.75) is 43.9 Å². The van der Waals surface area contributed by atoms with Crippen LogP contribution in [0.1, 0.15) is 54.4 Å². The molecule has 3 aliphatic rings. The molecule has 1 fully saturated rings. The molecular weight excluding hydrogens is 430 g/mol. The molecule has 1 aromatic rings. The summed E-state index contributed by atoms with van der Waals surface area (Å²) < 4.78 is 5.54. The SMILES string of the molecule is N#CC1(c2cccc(Cl)c2C(=O)NC2=C(C(=N)C3=CCC(C(=O)O)CC3)CCOC2)CC1. The molecule has 4 rings (SSSR count). The Bertz CT molecular complexity index is 1090. The van der Waals surface area contributed by atoms with Crippen LogP contribution in [0.5, 0.6) is 0 Å². The molecule has 166 valence electrons. The van der Waals surface area contributed by atoms with E-state index in [2.05, 4.69) is 11.4 Å². The molecule has 0 aromatic heterocycles. The Morgan fingerprint density at radius 1 is 1.31 bits per heavy atom. The number of carboxylic acid groups (broad SMARTS) is 1. The van der Waals surface area contributed by atoms with E-state index in [4.69, 9.17) is 21.7 Å². The van der Waals surface area contributed by atoms with Crippen LogP contribution >= 0.6 is 11.6 Å². The van der Waals surface area contributed by atoms with Gasteiger partial charge in [-0.05, 0) is 55.7 Å². The van der Waals surface area contributed by atoms with Crippen molar-refractivity contribution >= 4 is 29.2 Å². The van der Waals surface area contributed by atoms with Gasteiger partial charge in [0.15, 0.2) is 0 Å². The van der Waals surface area contributed by atoms with Gasteiger partial charge in [-0.25, -0.2) is 0 Å². The highest BCUT2D eigenvalue weighted by Gasteiger charge is 2.47. The van der Waals surface area contributed by atoms with Crippen molar-refractivity contribution in [3.63, 3.8) is 0 Å². The van der Waals surface area contributed by atoms with Crippen molar-refractivity contribution in [2.75, 3.05) is 13.2 Å². The molecule has 0 radical (unpaired) electrons. The fourth-order valence-corrected chi connectivity index (χ4v) is 4.63. The van der Waals surface area contributed by atoms with Gasteiger partial charge in [-0.3, -0.25) is 9.59 Å². The Kier molecular flexibility index (Phi) is 6.18. The Morgan fingerprint density at radius 2 is 2.09 bits per heavy atom. The number of rotatable bonds is 6. The number of nitrogens with one attached hydrogen (secondary N) is 2. The van der Waals surface area contributed by atoms with Gasteiger partial charge in [-0.2, -0.15) is 5.26 Å². The number of nitriles is 1. The third-order valence-corrected chi connectivity index (χ3v) is 6.79. The van der Waals surface area contributed by atoms with Gasteiger partial charge in [-0.15, -0.1) is 0 Å². The van der Waals surface area contributed by atoms with E-state index >= 15 is 0 Å². The number of carbonyl (C=O) groups excluding carboxylic acids is 1. The molecule has 8 heteroatoms. The summed E-state index contributed by atoms with van der Waals surface area (Å²) in [6, 6.07) is 7.47. The van der Waals surface area contributed by atoms with Crippen LogP contribution in [-0.2, 0) is 14.9 Å². The zero-order valence-corrected chi connectivity index (χ0v) is 18.3. The zero-order valence-electron chi connectivity index (χ0n) is 17.5. The molecule has 2 aliphatic carbocycles. The van der Waals surface area contributed by atoms with Crippen LogP contribution in [-0.4, -0.2) is 35.9 Å². The minimum absolute atomic E-state index is 0.164. The van der Waals surface area contributed by atoms with Crippen molar-refractivity contribution in [3.8, 4) is 6.07 Å². The summed E-state index contributed by atoms with van der Waals surface area (Å²) in [5, 5.41) is 30.7. The van der Waals surface area contributed by atoms with Crippen molar-refractivity contribution in [1.82, 2.24) is 5.32 Å². The number of nitrogens with zero attached hydrogens (tertiary/aromatic N) is 1. The van der Waals surface area contributed by atoms with Gasteiger partial charge >= 0.3 is 5.97 Å². The summed E-state index contributed by atoms with van der Waals surface area (Å²) >= 11 is 6.38. The number of benzene rings is 1. The molecule has 3 N–H and O–H groups in total. The highest BCUT2D eigenvalue weighted by Crippen LogP contribution is 2.49. The summed E-state index contributed by atoms with van der Waals surface area (Å²) in [5.41, 5.74) is 2.58. The number of carboxylic acids is 1. The van der Waals surface area contributed by atoms with Gasteiger partial charge in [0.05, 0.1) is 46.9 Å². The van der Waals surface area contributed by atoms with Gasteiger partial charge < -0.3 is 20.6 Å². The maximum Gasteiger partial charge on any atom is 0.306 e. The predicted molar refractivity (Wildman–Crippen MR) is 119 cm³/mol. The third kappa shape index (κ3) is 4.21. The molecule has 1 amide bonds. The predicted octanol–water partition coefficient (Wildman–Crippen LogP) is 4.13. The molecular formula is C24H24ClN3O4. The quantitative estimate of drug-likeness (QED) is 0.559. The number of ether oxygens (including phenoxy) is 1. The standard InChI is InChI=1S/C24H24ClN3O4/c25-18-3-1-2-17(24(13-26)9-10-24)20(18)22(29)28-19-12-32-11-8-16(19)21(27)14-4-6-15(7-5-14)23(30)31/h1-4,15,27H,5-12H2,(H,28,29)(H,30,31). The van der Waals surface area contributed by atoms with E-state index in [-0.39, 0.29) is 11.6 Å². The number of carbonyl (C=O) groups is 2. The first-order valence-corrected chi connectivity index (χ1v) is 11.1. The lowest BCUT2D eigenvalue weighted by Crippen LogP contribution is -2.33. The fourth-order valence-electron chi connectivity index (χ4n) is 4.37. The zero-order chi connectivity index (χ0) is 22.9. The van der Waals surface area contributed by atoms with Crippen LogP contribution in [0.15, 0.2) is 41.1 Å². The molecule has 1 saturated carbocycles. The summed E-state index contributed by atoms with van der Waals surface area (Å²) in [6.07, 6.45) is 5.09. The van der Waals surface area contributed by atoms with Crippen molar-refractivity contribution in [2.24, 2.45) is 5.92 Å². The lowest BCUT2D eigenvalue weighted by molar-refractivity contribution is -0.141. The second kappa shape index (κ2) is 8.89. The number of allylic oxidation sites excluding steroid dienone is 2. The van der Waals surface area contributed by atoms with Gasteiger partial charge in [-0.1, -0.05) is 29.8 Å². The molecule has 1 aromatic carbocycles. The summed E-state index contributed by atoms with van der Waals surface area (Å²) in [4.78, 5) is 24.5. The lowest BCUT2D eigenvalue weighted by atomic mass is 9.85. The van der Waals surface area contributed by atoms with Crippen LogP contribution < -0.4 is 5.32 Å². The molecule has 32 heavy (non-hydrogen) atoms. The Labute approximate surface area is 191 Å². The van der Waals surface area contributed by atoms with Gasteiger partial charge in [0, 0.05) is 11.3 Å².